The van der Waals surface area contributed by atoms with E-state index in [-0.39, 0.29) is 5.92 Å². The Morgan fingerprint density at radius 1 is 1.30 bits per heavy atom. The Hall–Kier alpha value is -1.46. The number of rotatable bonds is 3. The average Bonchev–Trinajstić information content (AvgIpc) is 2.55. The van der Waals surface area contributed by atoms with Gasteiger partial charge in [-0.25, -0.2) is 0 Å². The molecule has 0 spiro atoms. The van der Waals surface area contributed by atoms with Gasteiger partial charge in [-0.1, -0.05) is 6.07 Å². The summed E-state index contributed by atoms with van der Waals surface area (Å²) in [7, 11) is 2.13. The van der Waals surface area contributed by atoms with E-state index in [4.69, 9.17) is 0 Å². The van der Waals surface area contributed by atoms with Gasteiger partial charge < -0.3 is 9.80 Å². The van der Waals surface area contributed by atoms with Crippen LogP contribution in [0, 0.1) is 5.92 Å². The number of amides is 1. The molecule has 2 aliphatic rings. The van der Waals surface area contributed by atoms with E-state index in [0.717, 1.165) is 52.1 Å². The van der Waals surface area contributed by atoms with Crippen molar-refractivity contribution in [3.8, 4) is 0 Å². The van der Waals surface area contributed by atoms with Gasteiger partial charge in [0.15, 0.2) is 0 Å². The minimum Gasteiger partial charge on any atom is -0.337 e. The first kappa shape index (κ1) is 16.4. The van der Waals surface area contributed by atoms with Crippen molar-refractivity contribution in [1.29, 1.82) is 0 Å². The number of nitrogens with zero attached hydrogens (tertiary/aromatic N) is 4. The minimum absolute atomic E-state index is 0.159. The van der Waals surface area contributed by atoms with E-state index in [2.05, 4.69) is 39.7 Å². The topological polar surface area (TPSA) is 39.7 Å². The molecule has 2 aliphatic heterocycles. The summed E-state index contributed by atoms with van der Waals surface area (Å²) in [5.74, 6) is 0.521. The van der Waals surface area contributed by atoms with Gasteiger partial charge in [0.2, 0.25) is 5.91 Å². The Kier molecular flexibility index (Phi) is 5.28. The van der Waals surface area contributed by atoms with Crippen molar-refractivity contribution in [2.24, 2.45) is 5.92 Å². The maximum atomic E-state index is 12.9. The van der Waals surface area contributed by atoms with Crippen LogP contribution in [0.15, 0.2) is 24.5 Å². The molecule has 2 saturated heterocycles. The van der Waals surface area contributed by atoms with E-state index in [9.17, 15) is 4.79 Å². The molecule has 0 bridgehead atoms. The average molecular weight is 316 g/mol. The minimum atomic E-state index is 0.159. The first-order valence-electron chi connectivity index (χ1n) is 8.74. The Balaban J connectivity index is 1.58. The number of likely N-dealkylation sites (tertiary alicyclic amines) is 1. The molecule has 3 heterocycles. The zero-order valence-corrected chi connectivity index (χ0v) is 14.3. The number of carbonyl (C=O) groups is 1. The molecule has 3 rings (SSSR count). The molecule has 5 heteroatoms. The Labute approximate surface area is 139 Å². The van der Waals surface area contributed by atoms with Crippen molar-refractivity contribution in [3.05, 3.63) is 30.1 Å². The van der Waals surface area contributed by atoms with Crippen molar-refractivity contribution in [2.45, 2.75) is 32.4 Å². The maximum absolute atomic E-state index is 12.9. The van der Waals surface area contributed by atoms with Gasteiger partial charge in [0.25, 0.3) is 0 Å². The third-order valence-corrected chi connectivity index (χ3v) is 5.10. The predicted octanol–water partition coefficient (Wildman–Crippen LogP) is 1.46. The molecule has 1 aromatic heterocycles. The van der Waals surface area contributed by atoms with Crippen LogP contribution >= 0.6 is 0 Å². The van der Waals surface area contributed by atoms with Crippen molar-refractivity contribution in [1.82, 2.24) is 19.7 Å². The van der Waals surface area contributed by atoms with Crippen LogP contribution < -0.4 is 0 Å². The highest BCUT2D eigenvalue weighted by molar-refractivity contribution is 5.79. The van der Waals surface area contributed by atoms with E-state index >= 15 is 0 Å². The molecule has 1 amide bonds. The molecule has 23 heavy (non-hydrogen) atoms. The smallest absolute Gasteiger partial charge is 0.227 e. The van der Waals surface area contributed by atoms with Crippen LogP contribution in [0.4, 0.5) is 0 Å². The van der Waals surface area contributed by atoms with Crippen LogP contribution in [0.1, 0.15) is 25.3 Å². The summed E-state index contributed by atoms with van der Waals surface area (Å²) >= 11 is 0. The molecule has 2 unspecified atom stereocenters. The molecular formula is C18H28N4O. The molecule has 1 aromatic rings. The van der Waals surface area contributed by atoms with Crippen LogP contribution in [-0.2, 0) is 11.3 Å². The van der Waals surface area contributed by atoms with Crippen molar-refractivity contribution in [3.63, 3.8) is 0 Å². The number of piperazine rings is 1. The van der Waals surface area contributed by atoms with Gasteiger partial charge in [-0.05, 0) is 45.0 Å². The first-order valence-corrected chi connectivity index (χ1v) is 8.74. The van der Waals surface area contributed by atoms with E-state index in [1.165, 1.54) is 5.56 Å². The summed E-state index contributed by atoms with van der Waals surface area (Å²) in [4.78, 5) is 24.0. The molecule has 126 valence electrons. The first-order chi connectivity index (χ1) is 11.1. The number of hydrogen-bond acceptors (Lipinski definition) is 4. The highest BCUT2D eigenvalue weighted by Gasteiger charge is 2.33. The molecule has 0 aromatic carbocycles. The monoisotopic (exact) mass is 316 g/mol. The van der Waals surface area contributed by atoms with Gasteiger partial charge in [0, 0.05) is 51.2 Å². The number of carbonyl (C=O) groups excluding carboxylic acids is 1. The van der Waals surface area contributed by atoms with Crippen molar-refractivity contribution in [2.75, 3.05) is 39.8 Å². The molecule has 0 radical (unpaired) electrons. The van der Waals surface area contributed by atoms with E-state index in [0.29, 0.717) is 11.9 Å². The lowest BCUT2D eigenvalue weighted by Gasteiger charge is -2.41. The third-order valence-electron chi connectivity index (χ3n) is 5.10. The Bertz CT molecular complexity index is 521. The highest BCUT2D eigenvalue weighted by Crippen LogP contribution is 2.22. The summed E-state index contributed by atoms with van der Waals surface area (Å²) in [5.41, 5.74) is 1.23. The second-order valence-corrected chi connectivity index (χ2v) is 7.08. The normalized spacial score (nSPS) is 27.1. The summed E-state index contributed by atoms with van der Waals surface area (Å²) in [6, 6.07) is 4.42. The lowest BCUT2D eigenvalue weighted by molar-refractivity contribution is -0.141. The summed E-state index contributed by atoms with van der Waals surface area (Å²) in [5, 5.41) is 0. The number of likely N-dealkylation sites (N-methyl/N-ethyl adjacent to an activating group) is 1. The Morgan fingerprint density at radius 2 is 2.17 bits per heavy atom. The van der Waals surface area contributed by atoms with E-state index < -0.39 is 0 Å². The molecule has 5 nitrogen and oxygen atoms in total. The number of aromatic nitrogens is 1. The highest BCUT2D eigenvalue weighted by atomic mass is 16.2. The number of pyridine rings is 1. The zero-order chi connectivity index (χ0) is 16.2. The van der Waals surface area contributed by atoms with E-state index in [1.54, 1.807) is 6.20 Å². The third kappa shape index (κ3) is 4.09. The lowest BCUT2D eigenvalue weighted by Crippen LogP contribution is -2.55. The van der Waals surface area contributed by atoms with Gasteiger partial charge in [0.05, 0.1) is 5.92 Å². The lowest BCUT2D eigenvalue weighted by atomic mass is 9.95. The fraction of sp³-hybridized carbons (Fsp3) is 0.667. The fourth-order valence-electron chi connectivity index (χ4n) is 3.85. The van der Waals surface area contributed by atoms with Gasteiger partial charge in [-0.2, -0.15) is 0 Å². The van der Waals surface area contributed by atoms with Crippen LogP contribution in [0.5, 0.6) is 0 Å². The molecule has 0 saturated carbocycles. The second kappa shape index (κ2) is 7.41. The van der Waals surface area contributed by atoms with E-state index in [1.807, 2.05) is 12.3 Å². The fourth-order valence-corrected chi connectivity index (χ4v) is 3.85. The molecule has 2 atom stereocenters. The van der Waals surface area contributed by atoms with Gasteiger partial charge in [-0.3, -0.25) is 14.7 Å². The second-order valence-electron chi connectivity index (χ2n) is 7.08. The summed E-state index contributed by atoms with van der Waals surface area (Å²) in [6.07, 6.45) is 5.87. The molecule has 0 aliphatic carbocycles. The summed E-state index contributed by atoms with van der Waals surface area (Å²) in [6.45, 7) is 7.87. The van der Waals surface area contributed by atoms with Crippen molar-refractivity contribution < 1.29 is 4.79 Å². The number of hydrogen-bond donors (Lipinski definition) is 0. The van der Waals surface area contributed by atoms with Crippen LogP contribution in [-0.4, -0.2) is 71.4 Å². The van der Waals surface area contributed by atoms with Gasteiger partial charge in [0.1, 0.15) is 0 Å². The van der Waals surface area contributed by atoms with Crippen LogP contribution in [0.3, 0.4) is 0 Å². The van der Waals surface area contributed by atoms with Gasteiger partial charge >= 0.3 is 0 Å². The molecule has 0 N–H and O–H groups in total. The van der Waals surface area contributed by atoms with Crippen LogP contribution in [0.2, 0.25) is 0 Å². The quantitative estimate of drug-likeness (QED) is 0.846. The maximum Gasteiger partial charge on any atom is 0.227 e. The standard InChI is InChI=1S/C18H28N4O/c1-15-12-20(2)9-10-22(15)18(23)17-6-4-8-21(14-17)13-16-5-3-7-19-11-16/h3,5,7,11,15,17H,4,6,8-10,12-14H2,1-2H3. The van der Waals surface area contributed by atoms with Crippen molar-refractivity contribution >= 4 is 5.91 Å². The predicted molar refractivity (Wildman–Crippen MR) is 90.9 cm³/mol. The van der Waals surface area contributed by atoms with Gasteiger partial charge in [-0.15, -0.1) is 0 Å². The SMILES string of the molecule is CC1CN(C)CCN1C(=O)C1CCCN(Cc2cccnc2)C1. The number of piperidine rings is 1. The Morgan fingerprint density at radius 3 is 2.91 bits per heavy atom. The summed E-state index contributed by atoms with van der Waals surface area (Å²) < 4.78 is 0. The molecular weight excluding hydrogens is 288 g/mol. The molecule has 2 fully saturated rings. The largest absolute Gasteiger partial charge is 0.337 e. The zero-order valence-electron chi connectivity index (χ0n) is 14.3. The van der Waals surface area contributed by atoms with Crippen LogP contribution in [0.25, 0.3) is 0 Å².